The van der Waals surface area contributed by atoms with Crippen molar-refractivity contribution in [3.8, 4) is 17.2 Å². The topological polar surface area (TPSA) is 129 Å². The number of ether oxygens (including phenoxy) is 3. The molecule has 0 unspecified atom stereocenters. The third-order valence-corrected chi connectivity index (χ3v) is 5.50. The Morgan fingerprint density at radius 1 is 1.05 bits per heavy atom. The molecule has 3 rings (SSSR count). The van der Waals surface area contributed by atoms with Crippen molar-refractivity contribution in [2.75, 3.05) is 13.2 Å². The van der Waals surface area contributed by atoms with Crippen LogP contribution >= 0.6 is 15.9 Å². The summed E-state index contributed by atoms with van der Waals surface area (Å²) in [4.78, 5) is 34.9. The molecule has 0 radical (unpaired) electrons. The van der Waals surface area contributed by atoms with Gasteiger partial charge in [0.25, 0.3) is 11.6 Å². The molecular formula is C26H24BrN3O7. The van der Waals surface area contributed by atoms with Gasteiger partial charge in [-0.2, -0.15) is 5.10 Å². The zero-order chi connectivity index (χ0) is 26.9. The van der Waals surface area contributed by atoms with Crippen molar-refractivity contribution in [1.29, 1.82) is 0 Å². The number of carbonyl (C=O) groups is 2. The van der Waals surface area contributed by atoms with Gasteiger partial charge in [-0.05, 0) is 89.8 Å². The fraction of sp³-hybridized carbons (Fsp3) is 0.192. The zero-order valence-electron chi connectivity index (χ0n) is 20.3. The fourth-order valence-corrected chi connectivity index (χ4v) is 4.06. The third kappa shape index (κ3) is 7.61. The Bertz CT molecular complexity index is 1320. The maximum atomic E-state index is 12.5. The first-order chi connectivity index (χ1) is 17.7. The van der Waals surface area contributed by atoms with Gasteiger partial charge in [0.2, 0.25) is 0 Å². The molecule has 0 spiro atoms. The molecule has 37 heavy (non-hydrogen) atoms. The van der Waals surface area contributed by atoms with Crippen molar-refractivity contribution in [2.45, 2.75) is 20.8 Å². The highest BCUT2D eigenvalue weighted by molar-refractivity contribution is 9.10. The highest BCUT2D eigenvalue weighted by atomic mass is 79.9. The van der Waals surface area contributed by atoms with E-state index in [0.29, 0.717) is 17.9 Å². The number of aryl methyl sites for hydroxylation is 2. The molecule has 0 saturated carbocycles. The Kier molecular flexibility index (Phi) is 9.33. The average molecular weight is 570 g/mol. The Labute approximate surface area is 221 Å². The van der Waals surface area contributed by atoms with Gasteiger partial charge < -0.3 is 14.2 Å². The van der Waals surface area contributed by atoms with E-state index in [1.807, 2.05) is 26.0 Å². The predicted molar refractivity (Wildman–Crippen MR) is 141 cm³/mol. The molecule has 0 aliphatic rings. The molecule has 3 aromatic rings. The monoisotopic (exact) mass is 569 g/mol. The number of hydrogen-bond acceptors (Lipinski definition) is 8. The molecule has 3 aromatic carbocycles. The number of nitro benzene ring substituents is 1. The lowest BCUT2D eigenvalue weighted by Gasteiger charge is -2.12. The normalized spacial score (nSPS) is 10.7. The van der Waals surface area contributed by atoms with E-state index in [-0.39, 0.29) is 29.4 Å². The van der Waals surface area contributed by atoms with Gasteiger partial charge in [0.05, 0.1) is 27.8 Å². The Hall–Kier alpha value is -4.25. The molecule has 0 aliphatic carbocycles. The number of carbonyl (C=O) groups excluding carboxylic acids is 2. The summed E-state index contributed by atoms with van der Waals surface area (Å²) in [6, 6.07) is 13.7. The van der Waals surface area contributed by atoms with Crippen LogP contribution in [-0.2, 0) is 4.79 Å². The number of non-ortho nitro benzene ring substituents is 1. The van der Waals surface area contributed by atoms with E-state index in [0.717, 1.165) is 15.6 Å². The molecular weight excluding hydrogens is 546 g/mol. The molecule has 0 bridgehead atoms. The number of benzene rings is 3. The summed E-state index contributed by atoms with van der Waals surface area (Å²) in [6.45, 7) is 5.73. The molecule has 192 valence electrons. The first-order valence-electron chi connectivity index (χ1n) is 11.1. The summed E-state index contributed by atoms with van der Waals surface area (Å²) < 4.78 is 17.4. The van der Waals surface area contributed by atoms with Crippen LogP contribution in [0.15, 0.2) is 64.2 Å². The Morgan fingerprint density at radius 3 is 2.43 bits per heavy atom. The van der Waals surface area contributed by atoms with Crippen molar-refractivity contribution < 1.29 is 28.7 Å². The third-order valence-electron chi connectivity index (χ3n) is 4.91. The lowest BCUT2D eigenvalue weighted by molar-refractivity contribution is -0.384. The van der Waals surface area contributed by atoms with Gasteiger partial charge in [0.1, 0.15) is 5.75 Å². The number of hydrazone groups is 1. The molecule has 1 amide bonds. The van der Waals surface area contributed by atoms with Gasteiger partial charge in [-0.15, -0.1) is 0 Å². The summed E-state index contributed by atoms with van der Waals surface area (Å²) in [5.41, 5.74) is 4.97. The maximum absolute atomic E-state index is 12.5. The summed E-state index contributed by atoms with van der Waals surface area (Å²) >= 11 is 3.44. The first-order valence-corrected chi connectivity index (χ1v) is 11.9. The molecule has 0 saturated heterocycles. The van der Waals surface area contributed by atoms with Crippen molar-refractivity contribution >= 4 is 39.7 Å². The van der Waals surface area contributed by atoms with Crippen LogP contribution in [0.1, 0.15) is 34.0 Å². The van der Waals surface area contributed by atoms with Crippen molar-refractivity contribution in [1.82, 2.24) is 5.43 Å². The first kappa shape index (κ1) is 27.3. The number of rotatable bonds is 10. The number of amides is 1. The van der Waals surface area contributed by atoms with Crippen molar-refractivity contribution in [3.63, 3.8) is 0 Å². The number of halogens is 1. The highest BCUT2D eigenvalue weighted by Gasteiger charge is 2.15. The second-order valence-electron chi connectivity index (χ2n) is 7.81. The number of nitro groups is 1. The minimum Gasteiger partial charge on any atom is -0.490 e. The van der Waals surface area contributed by atoms with E-state index in [1.54, 1.807) is 19.1 Å². The second kappa shape index (κ2) is 12.6. The fourth-order valence-electron chi connectivity index (χ4n) is 3.27. The van der Waals surface area contributed by atoms with Gasteiger partial charge in [0, 0.05) is 12.1 Å². The van der Waals surface area contributed by atoms with Crippen LogP contribution in [0, 0.1) is 24.0 Å². The van der Waals surface area contributed by atoms with Crippen molar-refractivity contribution in [2.24, 2.45) is 5.10 Å². The van der Waals surface area contributed by atoms with Crippen LogP contribution in [0.2, 0.25) is 0 Å². The van der Waals surface area contributed by atoms with Crippen LogP contribution in [0.5, 0.6) is 17.2 Å². The lowest BCUT2D eigenvalue weighted by atomic mass is 10.1. The van der Waals surface area contributed by atoms with Gasteiger partial charge in [-0.3, -0.25) is 14.9 Å². The van der Waals surface area contributed by atoms with Crippen LogP contribution in [0.3, 0.4) is 0 Å². The number of esters is 1. The molecule has 0 aromatic heterocycles. The van der Waals surface area contributed by atoms with E-state index in [4.69, 9.17) is 14.2 Å². The van der Waals surface area contributed by atoms with Crippen LogP contribution in [0.25, 0.3) is 0 Å². The lowest BCUT2D eigenvalue weighted by Crippen LogP contribution is -2.24. The van der Waals surface area contributed by atoms with E-state index in [9.17, 15) is 19.7 Å². The minimum absolute atomic E-state index is 0.132. The zero-order valence-corrected chi connectivity index (χ0v) is 21.9. The summed E-state index contributed by atoms with van der Waals surface area (Å²) in [6.07, 6.45) is 1.41. The molecule has 11 heteroatoms. The largest absolute Gasteiger partial charge is 0.490 e. The quantitative estimate of drug-likeness (QED) is 0.118. The van der Waals surface area contributed by atoms with E-state index >= 15 is 0 Å². The van der Waals surface area contributed by atoms with Crippen LogP contribution in [0.4, 0.5) is 5.69 Å². The number of nitrogens with zero attached hydrogens (tertiary/aromatic N) is 2. The average Bonchev–Trinajstić information content (AvgIpc) is 2.85. The van der Waals surface area contributed by atoms with Gasteiger partial charge in [-0.25, -0.2) is 10.2 Å². The Morgan fingerprint density at radius 2 is 1.78 bits per heavy atom. The molecule has 0 fully saturated rings. The van der Waals surface area contributed by atoms with E-state index in [1.165, 1.54) is 36.5 Å². The predicted octanol–water partition coefficient (Wildman–Crippen LogP) is 5.12. The van der Waals surface area contributed by atoms with Crippen LogP contribution in [-0.4, -0.2) is 36.2 Å². The van der Waals surface area contributed by atoms with Crippen LogP contribution < -0.4 is 19.6 Å². The van der Waals surface area contributed by atoms with Gasteiger partial charge in [0.15, 0.2) is 18.1 Å². The second-order valence-corrected chi connectivity index (χ2v) is 8.66. The SMILES string of the molecule is CCOc1cc(/C=N\NC(=O)COc2c(C)cc(C)cc2Br)ccc1OC(=O)c1ccc([N+](=O)[O-])cc1. The molecule has 0 aliphatic heterocycles. The van der Waals surface area contributed by atoms with E-state index < -0.39 is 16.8 Å². The molecule has 0 heterocycles. The summed E-state index contributed by atoms with van der Waals surface area (Å²) in [5, 5.41) is 14.7. The number of hydrogen-bond donors (Lipinski definition) is 1. The highest BCUT2D eigenvalue weighted by Crippen LogP contribution is 2.30. The number of nitrogens with one attached hydrogen (secondary N) is 1. The summed E-state index contributed by atoms with van der Waals surface area (Å²) in [7, 11) is 0. The molecule has 10 nitrogen and oxygen atoms in total. The summed E-state index contributed by atoms with van der Waals surface area (Å²) in [5.74, 6) is -0.0957. The smallest absolute Gasteiger partial charge is 0.343 e. The maximum Gasteiger partial charge on any atom is 0.343 e. The van der Waals surface area contributed by atoms with Crippen molar-refractivity contribution in [3.05, 3.63) is 91.4 Å². The standard InChI is InChI=1S/C26H24BrN3O7/c1-4-35-23-13-18(5-10-22(23)37-26(32)19-6-8-20(9-7-19)30(33)34)14-28-29-24(31)15-36-25-17(3)11-16(2)12-21(25)27/h5-14H,4,15H2,1-3H3,(H,29,31)/b28-14-. The van der Waals surface area contributed by atoms with E-state index in [2.05, 4.69) is 26.5 Å². The molecule has 1 N–H and O–H groups in total. The van der Waals surface area contributed by atoms with Gasteiger partial charge in [-0.1, -0.05) is 6.07 Å². The minimum atomic E-state index is -0.694. The van der Waals surface area contributed by atoms with Gasteiger partial charge >= 0.3 is 5.97 Å². The molecule has 0 atom stereocenters. The Balaban J connectivity index is 1.61.